The zero-order valence-corrected chi connectivity index (χ0v) is 12.4. The van der Waals surface area contributed by atoms with Gasteiger partial charge in [-0.3, -0.25) is 9.59 Å². The van der Waals surface area contributed by atoms with Crippen LogP contribution < -0.4 is 10.9 Å². The van der Waals surface area contributed by atoms with Crippen LogP contribution in [0, 0.1) is 17.1 Å². The Hall–Kier alpha value is -2.46. The summed E-state index contributed by atoms with van der Waals surface area (Å²) in [6, 6.07) is 4.26. The molecule has 0 unspecified atom stereocenters. The molecule has 0 aliphatic heterocycles. The van der Waals surface area contributed by atoms with Crippen LogP contribution in [0.2, 0.25) is 0 Å². The largest absolute Gasteiger partial charge is 0.315 e. The molecule has 22 heavy (non-hydrogen) atoms. The second-order valence-corrected chi connectivity index (χ2v) is 6.14. The lowest BCUT2D eigenvalue weighted by atomic mass is 10.1. The quantitative estimate of drug-likeness (QED) is 0.941. The topological polar surface area (TPSA) is 74.9 Å². The zero-order valence-electron chi connectivity index (χ0n) is 11.6. The monoisotopic (exact) mass is 317 g/mol. The Kier molecular flexibility index (Phi) is 3.77. The Morgan fingerprint density at radius 1 is 1.45 bits per heavy atom. The van der Waals surface area contributed by atoms with E-state index >= 15 is 0 Å². The standard InChI is InChI=1S/C15H12FN3O2S/c16-9-4-5-14(21)19(7-9)8-13(20)18-15-11(6-17)10-2-1-3-12(10)22-15/h4-5,7H,1-3,8H2,(H,18,20). The predicted octanol–water partition coefficient (Wildman–Crippen LogP) is 2.05. The molecule has 1 N–H and O–H groups in total. The number of pyridine rings is 1. The summed E-state index contributed by atoms with van der Waals surface area (Å²) in [4.78, 5) is 24.7. The van der Waals surface area contributed by atoms with E-state index in [4.69, 9.17) is 0 Å². The number of amides is 1. The van der Waals surface area contributed by atoms with Crippen LogP contribution in [0.15, 0.2) is 23.1 Å². The number of nitrogens with one attached hydrogen (secondary N) is 1. The highest BCUT2D eigenvalue weighted by atomic mass is 32.1. The maximum atomic E-state index is 13.1. The number of aryl methyl sites for hydroxylation is 1. The molecule has 0 atom stereocenters. The minimum absolute atomic E-state index is 0.288. The second-order valence-electron chi connectivity index (χ2n) is 5.03. The Bertz CT molecular complexity index is 847. The first kappa shape index (κ1) is 14.5. The molecule has 0 bridgehead atoms. The van der Waals surface area contributed by atoms with Crippen molar-refractivity contribution >= 4 is 22.2 Å². The number of aromatic nitrogens is 1. The number of carbonyl (C=O) groups is 1. The number of fused-ring (bicyclic) bond motifs is 1. The predicted molar refractivity (Wildman–Crippen MR) is 80.3 cm³/mol. The van der Waals surface area contributed by atoms with Crippen LogP contribution >= 0.6 is 11.3 Å². The minimum atomic E-state index is -0.583. The zero-order chi connectivity index (χ0) is 15.7. The van der Waals surface area contributed by atoms with Crippen molar-refractivity contribution in [3.05, 3.63) is 50.5 Å². The number of nitriles is 1. The molecule has 0 saturated heterocycles. The third-order valence-electron chi connectivity index (χ3n) is 3.55. The molecule has 5 nitrogen and oxygen atoms in total. The number of carbonyl (C=O) groups excluding carboxylic acids is 1. The molecule has 0 spiro atoms. The Morgan fingerprint density at radius 2 is 2.27 bits per heavy atom. The summed E-state index contributed by atoms with van der Waals surface area (Å²) in [5.41, 5.74) is 1.08. The Morgan fingerprint density at radius 3 is 3.05 bits per heavy atom. The first-order valence-electron chi connectivity index (χ1n) is 6.79. The summed E-state index contributed by atoms with van der Waals surface area (Å²) in [6.45, 7) is -0.288. The van der Waals surface area contributed by atoms with E-state index in [0.29, 0.717) is 10.6 Å². The van der Waals surface area contributed by atoms with E-state index in [1.54, 1.807) is 0 Å². The molecule has 2 heterocycles. The molecular weight excluding hydrogens is 305 g/mol. The molecule has 112 valence electrons. The third kappa shape index (κ3) is 2.65. The van der Waals surface area contributed by atoms with E-state index in [1.807, 2.05) is 0 Å². The maximum Gasteiger partial charge on any atom is 0.251 e. The van der Waals surface area contributed by atoms with Gasteiger partial charge in [-0.2, -0.15) is 5.26 Å². The lowest BCUT2D eigenvalue weighted by Gasteiger charge is -2.06. The van der Waals surface area contributed by atoms with Gasteiger partial charge in [0.15, 0.2) is 0 Å². The normalized spacial score (nSPS) is 12.7. The van der Waals surface area contributed by atoms with Crippen LogP contribution in [0.1, 0.15) is 22.4 Å². The highest BCUT2D eigenvalue weighted by Crippen LogP contribution is 2.38. The van der Waals surface area contributed by atoms with Gasteiger partial charge in [-0.1, -0.05) is 0 Å². The molecule has 2 aromatic heterocycles. The summed E-state index contributed by atoms with van der Waals surface area (Å²) in [6.07, 6.45) is 3.80. The smallest absolute Gasteiger partial charge is 0.251 e. The lowest BCUT2D eigenvalue weighted by molar-refractivity contribution is -0.116. The molecule has 2 aromatic rings. The lowest BCUT2D eigenvalue weighted by Crippen LogP contribution is -2.27. The van der Waals surface area contributed by atoms with E-state index in [0.717, 1.165) is 52.6 Å². The number of thiophene rings is 1. The average molecular weight is 317 g/mol. The first-order chi connectivity index (χ1) is 10.6. The number of anilines is 1. The van der Waals surface area contributed by atoms with Gasteiger partial charge in [0.2, 0.25) is 5.91 Å². The van der Waals surface area contributed by atoms with Crippen LogP contribution in [-0.2, 0) is 24.2 Å². The summed E-state index contributed by atoms with van der Waals surface area (Å²) >= 11 is 1.40. The molecule has 1 amide bonds. The number of hydrogen-bond acceptors (Lipinski definition) is 4. The molecule has 0 saturated carbocycles. The molecule has 7 heteroatoms. The van der Waals surface area contributed by atoms with Crippen molar-refractivity contribution in [2.24, 2.45) is 0 Å². The minimum Gasteiger partial charge on any atom is -0.315 e. The van der Waals surface area contributed by atoms with Gasteiger partial charge in [-0.25, -0.2) is 4.39 Å². The van der Waals surface area contributed by atoms with Crippen molar-refractivity contribution in [1.82, 2.24) is 4.57 Å². The third-order valence-corrected chi connectivity index (χ3v) is 4.75. The Balaban J connectivity index is 1.79. The van der Waals surface area contributed by atoms with Crippen LogP contribution in [0.4, 0.5) is 9.39 Å². The fourth-order valence-electron chi connectivity index (χ4n) is 2.56. The highest BCUT2D eigenvalue weighted by molar-refractivity contribution is 7.16. The van der Waals surface area contributed by atoms with E-state index in [-0.39, 0.29) is 6.54 Å². The van der Waals surface area contributed by atoms with Gasteiger partial charge >= 0.3 is 0 Å². The molecule has 0 radical (unpaired) electrons. The summed E-state index contributed by atoms with van der Waals surface area (Å²) < 4.78 is 14.1. The summed E-state index contributed by atoms with van der Waals surface area (Å²) in [5, 5.41) is 12.4. The SMILES string of the molecule is N#Cc1c(NC(=O)Cn2cc(F)ccc2=O)sc2c1CCC2. The van der Waals surface area contributed by atoms with Gasteiger partial charge in [0.25, 0.3) is 5.56 Å². The van der Waals surface area contributed by atoms with E-state index in [2.05, 4.69) is 11.4 Å². The van der Waals surface area contributed by atoms with Gasteiger partial charge in [0, 0.05) is 17.1 Å². The Labute approximate surface area is 129 Å². The number of rotatable bonds is 3. The van der Waals surface area contributed by atoms with Gasteiger partial charge in [0.05, 0.1) is 5.56 Å². The van der Waals surface area contributed by atoms with Crippen LogP contribution in [0.25, 0.3) is 0 Å². The summed E-state index contributed by atoms with van der Waals surface area (Å²) in [5.74, 6) is -1.04. The average Bonchev–Trinajstić information content (AvgIpc) is 3.03. The first-order valence-corrected chi connectivity index (χ1v) is 7.60. The molecule has 0 fully saturated rings. The summed E-state index contributed by atoms with van der Waals surface area (Å²) in [7, 11) is 0. The van der Waals surface area contributed by atoms with Crippen molar-refractivity contribution in [2.45, 2.75) is 25.8 Å². The fraction of sp³-hybridized carbons (Fsp3) is 0.267. The number of nitrogens with zero attached hydrogens (tertiary/aromatic N) is 2. The van der Waals surface area contributed by atoms with E-state index < -0.39 is 17.3 Å². The fourth-order valence-corrected chi connectivity index (χ4v) is 3.81. The highest BCUT2D eigenvalue weighted by Gasteiger charge is 2.23. The molecule has 1 aliphatic rings. The van der Waals surface area contributed by atoms with E-state index in [9.17, 15) is 19.2 Å². The molecular formula is C15H12FN3O2S. The van der Waals surface area contributed by atoms with Crippen molar-refractivity contribution in [3.8, 4) is 6.07 Å². The van der Waals surface area contributed by atoms with Gasteiger partial charge < -0.3 is 9.88 Å². The van der Waals surface area contributed by atoms with Crippen LogP contribution in [0.5, 0.6) is 0 Å². The van der Waals surface area contributed by atoms with Crippen molar-refractivity contribution in [1.29, 1.82) is 5.26 Å². The van der Waals surface area contributed by atoms with Gasteiger partial charge in [-0.05, 0) is 30.9 Å². The van der Waals surface area contributed by atoms with Crippen molar-refractivity contribution in [3.63, 3.8) is 0 Å². The van der Waals surface area contributed by atoms with Crippen LogP contribution in [-0.4, -0.2) is 10.5 Å². The van der Waals surface area contributed by atoms with Gasteiger partial charge in [-0.15, -0.1) is 11.3 Å². The van der Waals surface area contributed by atoms with Crippen molar-refractivity contribution < 1.29 is 9.18 Å². The molecule has 3 rings (SSSR count). The van der Waals surface area contributed by atoms with Gasteiger partial charge in [0.1, 0.15) is 23.4 Å². The molecule has 1 aliphatic carbocycles. The van der Waals surface area contributed by atoms with Crippen LogP contribution in [0.3, 0.4) is 0 Å². The van der Waals surface area contributed by atoms with Crippen molar-refractivity contribution in [2.75, 3.05) is 5.32 Å². The maximum absolute atomic E-state index is 13.1. The second kappa shape index (κ2) is 5.73. The number of hydrogen-bond donors (Lipinski definition) is 1. The number of halogens is 1. The molecule has 0 aromatic carbocycles. The van der Waals surface area contributed by atoms with E-state index in [1.165, 1.54) is 11.3 Å².